The van der Waals surface area contributed by atoms with Crippen LogP contribution in [0.15, 0.2) is 42.5 Å². The second-order valence-electron chi connectivity index (χ2n) is 6.85. The lowest BCUT2D eigenvalue weighted by Crippen LogP contribution is -2.42. The van der Waals surface area contributed by atoms with Gasteiger partial charge in [-0.3, -0.25) is 4.79 Å². The Bertz CT molecular complexity index is 992. The standard InChI is InChI=1S/C20H22ClFN2O4S/c1-28-19-7-6-16(21)12-18(19)23-20(25)14-8-10-24(11-9-14)29(26,27)13-15-4-2-3-5-17(15)22/h2-7,12,14H,8-11,13H2,1H3,(H,23,25). The van der Waals surface area contributed by atoms with Gasteiger partial charge in [-0.15, -0.1) is 0 Å². The quantitative estimate of drug-likeness (QED) is 0.743. The molecule has 0 aliphatic carbocycles. The number of ether oxygens (including phenoxy) is 1. The summed E-state index contributed by atoms with van der Waals surface area (Å²) in [4.78, 5) is 12.6. The maximum atomic E-state index is 13.8. The highest BCUT2D eigenvalue weighted by atomic mass is 35.5. The second-order valence-corrected chi connectivity index (χ2v) is 9.26. The van der Waals surface area contributed by atoms with Gasteiger partial charge in [0.05, 0.1) is 18.6 Å². The van der Waals surface area contributed by atoms with Gasteiger partial charge in [0.2, 0.25) is 15.9 Å². The largest absolute Gasteiger partial charge is 0.495 e. The van der Waals surface area contributed by atoms with E-state index in [0.717, 1.165) is 0 Å². The number of piperidine rings is 1. The Morgan fingerprint density at radius 2 is 1.93 bits per heavy atom. The third-order valence-electron chi connectivity index (χ3n) is 4.93. The molecule has 0 aromatic heterocycles. The highest BCUT2D eigenvalue weighted by molar-refractivity contribution is 7.88. The first-order valence-electron chi connectivity index (χ1n) is 9.16. The Kier molecular flexibility index (Phi) is 6.77. The van der Waals surface area contributed by atoms with E-state index in [-0.39, 0.29) is 30.5 Å². The molecule has 0 bridgehead atoms. The smallest absolute Gasteiger partial charge is 0.227 e. The predicted octanol–water partition coefficient (Wildman–Crippen LogP) is 3.67. The molecule has 2 aromatic carbocycles. The lowest BCUT2D eigenvalue weighted by atomic mass is 9.97. The van der Waals surface area contributed by atoms with Gasteiger partial charge in [0.1, 0.15) is 11.6 Å². The van der Waals surface area contributed by atoms with Crippen LogP contribution in [-0.4, -0.2) is 38.8 Å². The molecule has 0 saturated carbocycles. The van der Waals surface area contributed by atoms with Gasteiger partial charge >= 0.3 is 0 Å². The van der Waals surface area contributed by atoms with Crippen LogP contribution in [0.2, 0.25) is 5.02 Å². The molecule has 1 aliphatic heterocycles. The molecule has 0 spiro atoms. The van der Waals surface area contributed by atoms with Gasteiger partial charge in [-0.1, -0.05) is 29.8 Å². The lowest BCUT2D eigenvalue weighted by molar-refractivity contribution is -0.120. The van der Waals surface area contributed by atoms with Gasteiger partial charge in [0.25, 0.3) is 0 Å². The Morgan fingerprint density at radius 1 is 1.24 bits per heavy atom. The number of anilines is 1. The fourth-order valence-electron chi connectivity index (χ4n) is 3.31. The van der Waals surface area contributed by atoms with Crippen molar-refractivity contribution in [3.05, 3.63) is 58.9 Å². The van der Waals surface area contributed by atoms with E-state index in [2.05, 4.69) is 5.32 Å². The van der Waals surface area contributed by atoms with Crippen molar-refractivity contribution < 1.29 is 22.3 Å². The van der Waals surface area contributed by atoms with E-state index in [9.17, 15) is 17.6 Å². The number of sulfonamides is 1. The van der Waals surface area contributed by atoms with Crippen LogP contribution in [0.4, 0.5) is 10.1 Å². The van der Waals surface area contributed by atoms with Crippen LogP contribution in [0.25, 0.3) is 0 Å². The molecule has 0 radical (unpaired) electrons. The fraction of sp³-hybridized carbons (Fsp3) is 0.350. The van der Waals surface area contributed by atoms with Crippen molar-refractivity contribution in [1.29, 1.82) is 0 Å². The molecule has 1 amide bonds. The van der Waals surface area contributed by atoms with Crippen molar-refractivity contribution in [2.75, 3.05) is 25.5 Å². The minimum Gasteiger partial charge on any atom is -0.495 e. The molecule has 6 nitrogen and oxygen atoms in total. The zero-order valence-corrected chi connectivity index (χ0v) is 17.5. The van der Waals surface area contributed by atoms with Crippen LogP contribution < -0.4 is 10.1 Å². The van der Waals surface area contributed by atoms with Crippen molar-refractivity contribution in [2.24, 2.45) is 5.92 Å². The summed E-state index contributed by atoms with van der Waals surface area (Å²) in [5, 5.41) is 3.27. The maximum Gasteiger partial charge on any atom is 0.227 e. The topological polar surface area (TPSA) is 75.7 Å². The van der Waals surface area contributed by atoms with Crippen LogP contribution in [0.1, 0.15) is 18.4 Å². The molecular formula is C20H22ClFN2O4S. The highest BCUT2D eigenvalue weighted by Gasteiger charge is 2.32. The molecule has 0 atom stereocenters. The van der Waals surface area contributed by atoms with Crippen molar-refractivity contribution in [3.8, 4) is 5.75 Å². The predicted molar refractivity (Wildman–Crippen MR) is 110 cm³/mol. The van der Waals surface area contributed by atoms with Gasteiger partial charge in [-0.25, -0.2) is 17.1 Å². The number of nitrogens with one attached hydrogen (secondary N) is 1. The van der Waals surface area contributed by atoms with Gasteiger partial charge in [-0.2, -0.15) is 0 Å². The van der Waals surface area contributed by atoms with Crippen LogP contribution in [0.3, 0.4) is 0 Å². The molecule has 156 valence electrons. The van der Waals surface area contributed by atoms with Crippen molar-refractivity contribution >= 4 is 33.2 Å². The van der Waals surface area contributed by atoms with E-state index < -0.39 is 21.6 Å². The Morgan fingerprint density at radius 3 is 2.59 bits per heavy atom. The van der Waals surface area contributed by atoms with Gasteiger partial charge in [0, 0.05) is 29.6 Å². The molecule has 0 unspecified atom stereocenters. The zero-order valence-electron chi connectivity index (χ0n) is 15.9. The number of rotatable bonds is 6. The number of methoxy groups -OCH3 is 1. The average molecular weight is 441 g/mol. The van der Waals surface area contributed by atoms with Gasteiger partial charge in [-0.05, 0) is 37.1 Å². The zero-order chi connectivity index (χ0) is 21.0. The van der Waals surface area contributed by atoms with Crippen LogP contribution in [0, 0.1) is 11.7 Å². The molecule has 1 aliphatic rings. The molecule has 1 N–H and O–H groups in total. The molecule has 3 rings (SSSR count). The minimum absolute atomic E-state index is 0.139. The molecule has 2 aromatic rings. The highest BCUT2D eigenvalue weighted by Crippen LogP contribution is 2.29. The van der Waals surface area contributed by atoms with Crippen molar-refractivity contribution in [3.63, 3.8) is 0 Å². The monoisotopic (exact) mass is 440 g/mol. The molecule has 1 fully saturated rings. The third kappa shape index (κ3) is 5.26. The van der Waals surface area contributed by atoms with Crippen molar-refractivity contribution in [1.82, 2.24) is 4.31 Å². The van der Waals surface area contributed by atoms with E-state index in [1.807, 2.05) is 0 Å². The summed E-state index contributed by atoms with van der Waals surface area (Å²) in [6.45, 7) is 0.420. The van der Waals surface area contributed by atoms with E-state index in [1.165, 1.54) is 29.6 Å². The molecule has 1 heterocycles. The maximum absolute atomic E-state index is 13.8. The number of nitrogens with zero attached hydrogens (tertiary/aromatic N) is 1. The number of carbonyl (C=O) groups is 1. The second kappa shape index (κ2) is 9.11. The normalized spacial score (nSPS) is 15.8. The summed E-state index contributed by atoms with van der Waals surface area (Å²) in [6, 6.07) is 10.8. The van der Waals surface area contributed by atoms with Gasteiger partial charge in [0.15, 0.2) is 0 Å². The molecule has 29 heavy (non-hydrogen) atoms. The molecule has 1 saturated heterocycles. The van der Waals surface area contributed by atoms with E-state index in [4.69, 9.17) is 16.3 Å². The first kappa shape index (κ1) is 21.5. The van der Waals surface area contributed by atoms with Crippen LogP contribution in [-0.2, 0) is 20.6 Å². The van der Waals surface area contributed by atoms with E-state index in [1.54, 1.807) is 24.3 Å². The average Bonchev–Trinajstić information content (AvgIpc) is 2.70. The molecular weight excluding hydrogens is 419 g/mol. The number of benzene rings is 2. The van der Waals surface area contributed by atoms with Gasteiger partial charge < -0.3 is 10.1 Å². The Balaban J connectivity index is 1.61. The number of hydrogen-bond acceptors (Lipinski definition) is 4. The Hall–Kier alpha value is -2.16. The van der Waals surface area contributed by atoms with E-state index in [0.29, 0.717) is 29.3 Å². The summed E-state index contributed by atoms with van der Waals surface area (Å²) in [7, 11) is -2.16. The van der Waals surface area contributed by atoms with E-state index >= 15 is 0 Å². The summed E-state index contributed by atoms with van der Waals surface area (Å²) in [6.07, 6.45) is 0.760. The Labute approximate surface area is 174 Å². The summed E-state index contributed by atoms with van der Waals surface area (Å²) in [5.74, 6) is -0.986. The first-order chi connectivity index (χ1) is 13.8. The fourth-order valence-corrected chi connectivity index (χ4v) is 5.06. The van der Waals surface area contributed by atoms with Crippen LogP contribution >= 0.6 is 11.6 Å². The SMILES string of the molecule is COc1ccc(Cl)cc1NC(=O)C1CCN(S(=O)(=O)Cc2ccccc2F)CC1. The minimum atomic E-state index is -3.66. The number of amides is 1. The number of hydrogen-bond donors (Lipinski definition) is 1. The number of halogens is 2. The summed E-state index contributed by atoms with van der Waals surface area (Å²) >= 11 is 5.98. The van der Waals surface area contributed by atoms with Crippen LogP contribution in [0.5, 0.6) is 5.75 Å². The first-order valence-corrected chi connectivity index (χ1v) is 11.1. The van der Waals surface area contributed by atoms with Crippen molar-refractivity contribution in [2.45, 2.75) is 18.6 Å². The third-order valence-corrected chi connectivity index (χ3v) is 7.00. The number of carbonyl (C=O) groups excluding carboxylic acids is 1. The lowest BCUT2D eigenvalue weighted by Gasteiger charge is -2.30. The summed E-state index contributed by atoms with van der Waals surface area (Å²) in [5.41, 5.74) is 0.611. The molecule has 9 heteroatoms. The summed E-state index contributed by atoms with van der Waals surface area (Å²) < 4.78 is 45.6.